The van der Waals surface area contributed by atoms with Crippen molar-refractivity contribution in [2.75, 3.05) is 26.2 Å². The first-order valence-electron chi connectivity index (χ1n) is 8.46. The van der Waals surface area contributed by atoms with Crippen molar-refractivity contribution in [1.82, 2.24) is 9.21 Å². The molecular formula is C17H25FN2O2S. The Bertz CT molecular complexity index is 624. The summed E-state index contributed by atoms with van der Waals surface area (Å²) in [7, 11) is -3.50. The SMILES string of the molecule is C[C@H]1CCC[C@@H](N2CCN(S(=O)(=O)c3ccc(F)cc3)CC2)C1. The predicted molar refractivity (Wildman–Crippen MR) is 88.2 cm³/mol. The molecule has 0 radical (unpaired) electrons. The molecule has 3 rings (SSSR count). The molecule has 0 bridgehead atoms. The minimum atomic E-state index is -3.50. The van der Waals surface area contributed by atoms with Crippen LogP contribution in [0.3, 0.4) is 0 Å². The molecule has 1 aliphatic heterocycles. The standard InChI is InChI=1S/C17H25FN2O2S/c1-14-3-2-4-16(13-14)19-9-11-20(12-10-19)23(21,22)17-7-5-15(18)6-8-17/h5-8,14,16H,2-4,9-13H2,1H3/t14-,16+/m0/s1. The number of nitrogens with zero attached hydrogens (tertiary/aromatic N) is 2. The number of benzene rings is 1. The van der Waals surface area contributed by atoms with E-state index in [1.165, 1.54) is 54.3 Å². The number of hydrogen-bond acceptors (Lipinski definition) is 3. The lowest BCUT2D eigenvalue weighted by Gasteiger charge is -2.41. The van der Waals surface area contributed by atoms with E-state index in [1.807, 2.05) is 0 Å². The van der Waals surface area contributed by atoms with Crippen molar-refractivity contribution in [1.29, 1.82) is 0 Å². The minimum Gasteiger partial charge on any atom is -0.298 e. The zero-order valence-electron chi connectivity index (χ0n) is 13.6. The van der Waals surface area contributed by atoms with Crippen molar-refractivity contribution in [3.8, 4) is 0 Å². The summed E-state index contributed by atoms with van der Waals surface area (Å²) in [6.45, 7) is 4.92. The molecular weight excluding hydrogens is 315 g/mol. The van der Waals surface area contributed by atoms with Crippen LogP contribution in [0.2, 0.25) is 0 Å². The molecule has 128 valence electrons. The quantitative estimate of drug-likeness (QED) is 0.849. The third-order valence-corrected chi connectivity index (χ3v) is 7.06. The maximum Gasteiger partial charge on any atom is 0.243 e. The Hall–Kier alpha value is -0.980. The number of piperazine rings is 1. The van der Waals surface area contributed by atoms with Gasteiger partial charge in [0.15, 0.2) is 0 Å². The summed E-state index contributed by atoms with van der Waals surface area (Å²) in [5, 5.41) is 0. The third kappa shape index (κ3) is 3.75. The Morgan fingerprint density at radius 1 is 1.04 bits per heavy atom. The monoisotopic (exact) mass is 340 g/mol. The van der Waals surface area contributed by atoms with Gasteiger partial charge in [-0.15, -0.1) is 0 Å². The van der Waals surface area contributed by atoms with E-state index >= 15 is 0 Å². The Kier molecular flexibility index (Phi) is 5.04. The molecule has 2 atom stereocenters. The highest BCUT2D eigenvalue weighted by molar-refractivity contribution is 7.89. The molecule has 0 aromatic heterocycles. The number of halogens is 1. The lowest BCUT2D eigenvalue weighted by molar-refractivity contribution is 0.0967. The second kappa shape index (κ2) is 6.87. The second-order valence-electron chi connectivity index (χ2n) is 6.82. The molecule has 1 saturated heterocycles. The van der Waals surface area contributed by atoms with Gasteiger partial charge in [-0.25, -0.2) is 12.8 Å². The molecule has 0 spiro atoms. The zero-order chi connectivity index (χ0) is 16.4. The predicted octanol–water partition coefficient (Wildman–Crippen LogP) is 2.71. The Labute approximate surface area is 138 Å². The Morgan fingerprint density at radius 2 is 1.70 bits per heavy atom. The Balaban J connectivity index is 1.63. The van der Waals surface area contributed by atoms with Gasteiger partial charge in [0.2, 0.25) is 10.0 Å². The first-order valence-corrected chi connectivity index (χ1v) is 9.90. The van der Waals surface area contributed by atoms with Crippen molar-refractivity contribution in [2.45, 2.75) is 43.5 Å². The van der Waals surface area contributed by atoms with Gasteiger partial charge in [0.1, 0.15) is 5.82 Å². The highest BCUT2D eigenvalue weighted by Gasteiger charge is 2.32. The average Bonchev–Trinajstić information content (AvgIpc) is 2.55. The highest BCUT2D eigenvalue weighted by Crippen LogP contribution is 2.28. The van der Waals surface area contributed by atoms with Crippen molar-refractivity contribution in [3.05, 3.63) is 30.1 Å². The van der Waals surface area contributed by atoms with Crippen LogP contribution in [-0.2, 0) is 10.0 Å². The Morgan fingerprint density at radius 3 is 2.30 bits per heavy atom. The van der Waals surface area contributed by atoms with Gasteiger partial charge in [0.25, 0.3) is 0 Å². The summed E-state index contributed by atoms with van der Waals surface area (Å²) in [6, 6.07) is 5.70. The summed E-state index contributed by atoms with van der Waals surface area (Å²) >= 11 is 0. The van der Waals surface area contributed by atoms with Crippen LogP contribution in [0.4, 0.5) is 4.39 Å². The molecule has 1 saturated carbocycles. The normalized spacial score (nSPS) is 27.9. The summed E-state index contributed by atoms with van der Waals surface area (Å²) in [5.41, 5.74) is 0. The van der Waals surface area contributed by atoms with Crippen LogP contribution in [-0.4, -0.2) is 49.8 Å². The summed E-state index contributed by atoms with van der Waals surface area (Å²) < 4.78 is 39.8. The van der Waals surface area contributed by atoms with Gasteiger partial charge >= 0.3 is 0 Å². The summed E-state index contributed by atoms with van der Waals surface area (Å²) in [6.07, 6.45) is 5.05. The maximum absolute atomic E-state index is 13.0. The molecule has 4 nitrogen and oxygen atoms in total. The molecule has 1 heterocycles. The van der Waals surface area contributed by atoms with E-state index in [4.69, 9.17) is 0 Å². The number of rotatable bonds is 3. The highest BCUT2D eigenvalue weighted by atomic mass is 32.2. The van der Waals surface area contributed by atoms with Crippen molar-refractivity contribution in [3.63, 3.8) is 0 Å². The first-order chi connectivity index (χ1) is 11.0. The molecule has 0 amide bonds. The second-order valence-corrected chi connectivity index (χ2v) is 8.76. The molecule has 0 unspecified atom stereocenters. The molecule has 2 aliphatic rings. The first kappa shape index (κ1) is 16.9. The van der Waals surface area contributed by atoms with E-state index < -0.39 is 15.8 Å². The number of sulfonamides is 1. The van der Waals surface area contributed by atoms with E-state index in [0.29, 0.717) is 19.1 Å². The fraction of sp³-hybridized carbons (Fsp3) is 0.647. The van der Waals surface area contributed by atoms with E-state index in [2.05, 4.69) is 11.8 Å². The summed E-state index contributed by atoms with van der Waals surface area (Å²) in [5.74, 6) is 0.356. The molecule has 2 fully saturated rings. The van der Waals surface area contributed by atoms with E-state index in [1.54, 1.807) is 0 Å². The third-order valence-electron chi connectivity index (χ3n) is 5.15. The topological polar surface area (TPSA) is 40.6 Å². The fourth-order valence-electron chi connectivity index (χ4n) is 3.80. The van der Waals surface area contributed by atoms with E-state index in [0.717, 1.165) is 19.0 Å². The average molecular weight is 340 g/mol. The molecule has 1 aliphatic carbocycles. The molecule has 23 heavy (non-hydrogen) atoms. The lowest BCUT2D eigenvalue weighted by Crippen LogP contribution is -2.52. The largest absolute Gasteiger partial charge is 0.298 e. The van der Waals surface area contributed by atoms with Crippen LogP contribution in [0.1, 0.15) is 32.6 Å². The zero-order valence-corrected chi connectivity index (χ0v) is 14.4. The van der Waals surface area contributed by atoms with Crippen molar-refractivity contribution < 1.29 is 12.8 Å². The van der Waals surface area contributed by atoms with Gasteiger partial charge in [0.05, 0.1) is 4.90 Å². The van der Waals surface area contributed by atoms with E-state index in [-0.39, 0.29) is 4.90 Å². The fourth-order valence-corrected chi connectivity index (χ4v) is 5.22. The maximum atomic E-state index is 13.0. The lowest BCUT2D eigenvalue weighted by atomic mass is 9.86. The summed E-state index contributed by atoms with van der Waals surface area (Å²) in [4.78, 5) is 2.63. The van der Waals surface area contributed by atoms with E-state index in [9.17, 15) is 12.8 Å². The van der Waals surface area contributed by atoms with Gasteiger partial charge in [-0.05, 0) is 43.0 Å². The minimum absolute atomic E-state index is 0.179. The van der Waals surface area contributed by atoms with Crippen LogP contribution >= 0.6 is 0 Å². The van der Waals surface area contributed by atoms with Crippen LogP contribution in [0.5, 0.6) is 0 Å². The molecule has 0 N–H and O–H groups in total. The molecule has 1 aromatic rings. The smallest absolute Gasteiger partial charge is 0.243 e. The molecule has 6 heteroatoms. The van der Waals surface area contributed by atoms with Gasteiger partial charge in [0, 0.05) is 32.2 Å². The van der Waals surface area contributed by atoms with Crippen molar-refractivity contribution >= 4 is 10.0 Å². The molecule has 1 aromatic carbocycles. The van der Waals surface area contributed by atoms with Gasteiger partial charge in [-0.3, -0.25) is 4.90 Å². The number of hydrogen-bond donors (Lipinski definition) is 0. The van der Waals surface area contributed by atoms with Crippen LogP contribution in [0.25, 0.3) is 0 Å². The van der Waals surface area contributed by atoms with Gasteiger partial charge in [-0.1, -0.05) is 19.8 Å². The van der Waals surface area contributed by atoms with Gasteiger partial charge in [-0.2, -0.15) is 4.31 Å². The van der Waals surface area contributed by atoms with Crippen LogP contribution in [0.15, 0.2) is 29.2 Å². The van der Waals surface area contributed by atoms with Crippen LogP contribution < -0.4 is 0 Å². The van der Waals surface area contributed by atoms with Gasteiger partial charge < -0.3 is 0 Å². The van der Waals surface area contributed by atoms with Crippen LogP contribution in [0, 0.1) is 11.7 Å². The van der Waals surface area contributed by atoms with Crippen molar-refractivity contribution in [2.24, 2.45) is 5.92 Å².